The van der Waals surface area contributed by atoms with E-state index in [9.17, 15) is 18.3 Å². The van der Waals surface area contributed by atoms with Crippen molar-refractivity contribution >= 4 is 26.6 Å². The molecule has 0 heterocycles. The molecule has 0 aliphatic rings. The molecule has 0 amide bonds. The monoisotopic (exact) mass is 334 g/mol. The molecule has 1 unspecified atom stereocenters. The standard InChI is InChI=1S/C18H22O4S/c1-18(2,3)23(21,22)12-15(17(19)20)11-14-9-6-8-13-7-4-5-10-16(13)14/h4-10,15H,11-12H2,1-3H3,(H,19,20). The van der Waals surface area contributed by atoms with Crippen LogP contribution in [0.15, 0.2) is 42.5 Å². The zero-order valence-corrected chi connectivity index (χ0v) is 14.4. The third-order valence-corrected chi connectivity index (χ3v) is 6.76. The van der Waals surface area contributed by atoms with E-state index in [1.54, 1.807) is 20.8 Å². The number of carboxylic acids is 1. The molecule has 0 saturated carbocycles. The third-order valence-electron chi connectivity index (χ3n) is 4.05. The maximum atomic E-state index is 12.4. The lowest BCUT2D eigenvalue weighted by atomic mass is 9.96. The van der Waals surface area contributed by atoms with Crippen LogP contribution in [-0.2, 0) is 21.1 Å². The van der Waals surface area contributed by atoms with Crippen molar-refractivity contribution in [2.45, 2.75) is 31.9 Å². The minimum absolute atomic E-state index is 0.200. The van der Waals surface area contributed by atoms with Crippen LogP contribution in [0.3, 0.4) is 0 Å². The molecule has 0 radical (unpaired) electrons. The van der Waals surface area contributed by atoms with Crippen LogP contribution < -0.4 is 0 Å². The number of carbonyl (C=O) groups is 1. The maximum absolute atomic E-state index is 12.4. The van der Waals surface area contributed by atoms with E-state index in [1.807, 2.05) is 42.5 Å². The van der Waals surface area contributed by atoms with Crippen LogP contribution >= 0.6 is 0 Å². The predicted molar refractivity (Wildman–Crippen MR) is 92.3 cm³/mol. The minimum Gasteiger partial charge on any atom is -0.481 e. The zero-order chi connectivity index (χ0) is 17.3. The fourth-order valence-corrected chi connectivity index (χ4v) is 3.76. The lowest BCUT2D eigenvalue weighted by Gasteiger charge is -2.22. The number of aliphatic carboxylic acids is 1. The zero-order valence-electron chi connectivity index (χ0n) is 13.6. The summed E-state index contributed by atoms with van der Waals surface area (Å²) < 4.78 is 23.8. The van der Waals surface area contributed by atoms with Crippen molar-refractivity contribution in [2.75, 3.05) is 5.75 Å². The van der Waals surface area contributed by atoms with E-state index in [4.69, 9.17) is 0 Å². The first-order valence-corrected chi connectivity index (χ1v) is 9.19. The molecule has 0 bridgehead atoms. The van der Waals surface area contributed by atoms with Gasteiger partial charge in [-0.25, -0.2) is 8.42 Å². The first kappa shape index (κ1) is 17.5. The van der Waals surface area contributed by atoms with E-state index in [-0.39, 0.29) is 12.2 Å². The molecule has 2 aromatic carbocycles. The molecule has 1 N–H and O–H groups in total. The second-order valence-electron chi connectivity index (χ2n) is 6.77. The topological polar surface area (TPSA) is 71.4 Å². The number of benzene rings is 2. The van der Waals surface area contributed by atoms with Gasteiger partial charge in [0.05, 0.1) is 16.4 Å². The predicted octanol–water partition coefficient (Wildman–Crippen LogP) is 3.30. The van der Waals surface area contributed by atoms with E-state index in [0.29, 0.717) is 0 Å². The summed E-state index contributed by atoms with van der Waals surface area (Å²) in [5.74, 6) is -2.38. The Morgan fingerprint density at radius 2 is 1.70 bits per heavy atom. The summed E-state index contributed by atoms with van der Waals surface area (Å²) in [6, 6.07) is 13.4. The van der Waals surface area contributed by atoms with Gasteiger partial charge >= 0.3 is 5.97 Å². The largest absolute Gasteiger partial charge is 0.481 e. The number of hydrogen-bond donors (Lipinski definition) is 1. The van der Waals surface area contributed by atoms with E-state index in [1.165, 1.54) is 0 Å². The van der Waals surface area contributed by atoms with Crippen LogP contribution in [0, 0.1) is 5.92 Å². The van der Waals surface area contributed by atoms with Crippen molar-refractivity contribution in [1.82, 2.24) is 0 Å². The van der Waals surface area contributed by atoms with Gasteiger partial charge in [-0.3, -0.25) is 4.79 Å². The molecule has 0 aliphatic carbocycles. The summed E-state index contributed by atoms with van der Waals surface area (Å²) in [5.41, 5.74) is 0.861. The molecule has 5 heteroatoms. The highest BCUT2D eigenvalue weighted by molar-refractivity contribution is 7.92. The lowest BCUT2D eigenvalue weighted by molar-refractivity contribution is -0.140. The first-order valence-electron chi connectivity index (χ1n) is 7.53. The van der Waals surface area contributed by atoms with Gasteiger partial charge in [-0.15, -0.1) is 0 Å². The average Bonchev–Trinajstić information content (AvgIpc) is 2.45. The highest BCUT2D eigenvalue weighted by Gasteiger charge is 2.34. The van der Waals surface area contributed by atoms with Gasteiger partial charge in [0.1, 0.15) is 0 Å². The fraction of sp³-hybridized carbons (Fsp3) is 0.389. The van der Waals surface area contributed by atoms with Gasteiger partial charge in [0.25, 0.3) is 0 Å². The Morgan fingerprint density at radius 1 is 1.09 bits per heavy atom. The Morgan fingerprint density at radius 3 is 2.30 bits per heavy atom. The molecule has 23 heavy (non-hydrogen) atoms. The molecule has 124 valence electrons. The van der Waals surface area contributed by atoms with Gasteiger partial charge in [0, 0.05) is 0 Å². The summed E-state index contributed by atoms with van der Waals surface area (Å²) in [7, 11) is -3.50. The highest BCUT2D eigenvalue weighted by atomic mass is 32.2. The van der Waals surface area contributed by atoms with Crippen molar-refractivity contribution < 1.29 is 18.3 Å². The average molecular weight is 334 g/mol. The summed E-state index contributed by atoms with van der Waals surface area (Å²) in [6.07, 6.45) is 0.200. The second-order valence-corrected chi connectivity index (χ2v) is 9.56. The van der Waals surface area contributed by atoms with Crippen LogP contribution in [0.25, 0.3) is 10.8 Å². The molecule has 0 spiro atoms. The Labute approximate surface area is 137 Å². The Kier molecular flexibility index (Phi) is 4.80. The van der Waals surface area contributed by atoms with Gasteiger partial charge in [0.2, 0.25) is 0 Å². The number of fused-ring (bicyclic) bond motifs is 1. The van der Waals surface area contributed by atoms with Gasteiger partial charge in [-0.2, -0.15) is 0 Å². The first-order chi connectivity index (χ1) is 10.6. The van der Waals surface area contributed by atoms with Crippen LogP contribution in [-0.4, -0.2) is 30.0 Å². The summed E-state index contributed by atoms with van der Waals surface area (Å²) in [4.78, 5) is 11.6. The van der Waals surface area contributed by atoms with Gasteiger partial charge in [0.15, 0.2) is 9.84 Å². The van der Waals surface area contributed by atoms with Crippen LogP contribution in [0.2, 0.25) is 0 Å². The SMILES string of the molecule is CC(C)(C)S(=O)(=O)CC(Cc1cccc2ccccc12)C(=O)O. The fourth-order valence-electron chi connectivity index (χ4n) is 2.47. The maximum Gasteiger partial charge on any atom is 0.307 e. The van der Waals surface area contributed by atoms with Gasteiger partial charge in [-0.1, -0.05) is 42.5 Å². The van der Waals surface area contributed by atoms with E-state index in [2.05, 4.69) is 0 Å². The number of hydrogen-bond acceptors (Lipinski definition) is 3. The molecular formula is C18H22O4S. The summed E-state index contributed by atoms with van der Waals surface area (Å²) in [5, 5.41) is 11.5. The Balaban J connectivity index is 2.35. The molecule has 1 atom stereocenters. The molecule has 0 fully saturated rings. The normalized spacial score (nSPS) is 13.9. The Bertz CT molecular complexity index is 811. The molecule has 0 aromatic heterocycles. The summed E-state index contributed by atoms with van der Waals surface area (Å²) in [6.45, 7) is 4.79. The highest BCUT2D eigenvalue weighted by Crippen LogP contribution is 2.25. The van der Waals surface area contributed by atoms with Crippen LogP contribution in [0.1, 0.15) is 26.3 Å². The molecule has 0 saturated heterocycles. The summed E-state index contributed by atoms with van der Waals surface area (Å²) >= 11 is 0. The molecule has 0 aliphatic heterocycles. The van der Waals surface area contributed by atoms with Crippen molar-refractivity contribution in [3.05, 3.63) is 48.0 Å². The number of rotatable bonds is 5. The van der Waals surface area contributed by atoms with Crippen molar-refractivity contribution in [3.8, 4) is 0 Å². The smallest absolute Gasteiger partial charge is 0.307 e. The quantitative estimate of drug-likeness (QED) is 0.911. The van der Waals surface area contributed by atoms with Gasteiger partial charge < -0.3 is 5.11 Å². The van der Waals surface area contributed by atoms with Crippen LogP contribution in [0.5, 0.6) is 0 Å². The van der Waals surface area contributed by atoms with Crippen molar-refractivity contribution in [3.63, 3.8) is 0 Å². The van der Waals surface area contributed by atoms with E-state index < -0.39 is 26.5 Å². The van der Waals surface area contributed by atoms with Crippen molar-refractivity contribution in [1.29, 1.82) is 0 Å². The number of sulfone groups is 1. The molecule has 2 rings (SSSR count). The minimum atomic E-state index is -3.50. The van der Waals surface area contributed by atoms with E-state index >= 15 is 0 Å². The molecule has 4 nitrogen and oxygen atoms in total. The molecular weight excluding hydrogens is 312 g/mol. The van der Waals surface area contributed by atoms with E-state index in [0.717, 1.165) is 16.3 Å². The van der Waals surface area contributed by atoms with Crippen molar-refractivity contribution in [2.24, 2.45) is 5.92 Å². The number of carboxylic acid groups (broad SMARTS) is 1. The Hall–Kier alpha value is -1.88. The lowest BCUT2D eigenvalue weighted by Crippen LogP contribution is -2.36. The van der Waals surface area contributed by atoms with Crippen LogP contribution in [0.4, 0.5) is 0 Å². The second kappa shape index (κ2) is 6.32. The molecule has 2 aromatic rings. The third kappa shape index (κ3) is 3.91. The van der Waals surface area contributed by atoms with Gasteiger partial charge in [-0.05, 0) is 43.5 Å².